The first-order valence-electron chi connectivity index (χ1n) is 6.37. The molecule has 0 saturated carbocycles. The van der Waals surface area contributed by atoms with Crippen LogP contribution in [-0.4, -0.2) is 34.0 Å². The molecule has 0 aliphatic carbocycles. The normalized spacial score (nSPS) is 12.7. The molecule has 102 valence electrons. The Morgan fingerprint density at radius 1 is 1.50 bits per heavy atom. The maximum atomic E-state index is 12.0. The largest absolute Gasteiger partial charge is 0.354 e. The Balaban J connectivity index is 2.55. The molecule has 4 nitrogen and oxygen atoms in total. The van der Waals surface area contributed by atoms with Crippen molar-refractivity contribution in [1.29, 1.82) is 0 Å². The summed E-state index contributed by atoms with van der Waals surface area (Å²) in [6, 6.07) is -0.195. The third kappa shape index (κ3) is 4.05. The number of carbonyl (C=O) groups excluding carboxylic acids is 1. The molecule has 1 amide bonds. The van der Waals surface area contributed by atoms with Gasteiger partial charge < -0.3 is 9.88 Å². The number of hydrogen-bond donors (Lipinski definition) is 1. The average Bonchev–Trinajstić information content (AvgIpc) is 2.82. The van der Waals surface area contributed by atoms with Gasteiger partial charge in [0.2, 0.25) is 5.91 Å². The predicted molar refractivity (Wildman–Crippen MR) is 77.0 cm³/mol. The maximum absolute atomic E-state index is 12.0. The van der Waals surface area contributed by atoms with Crippen molar-refractivity contribution in [3.05, 3.63) is 18.2 Å². The average molecular weight is 269 g/mol. The fourth-order valence-corrected chi connectivity index (χ4v) is 2.23. The van der Waals surface area contributed by atoms with Crippen molar-refractivity contribution in [1.82, 2.24) is 14.9 Å². The second-order valence-corrected chi connectivity index (χ2v) is 5.65. The van der Waals surface area contributed by atoms with E-state index < -0.39 is 0 Å². The molecular weight excluding hydrogens is 246 g/mol. The lowest BCUT2D eigenvalue weighted by Gasteiger charge is -2.17. The summed E-state index contributed by atoms with van der Waals surface area (Å²) in [7, 11) is 0. The molecule has 0 bridgehead atoms. The van der Waals surface area contributed by atoms with Gasteiger partial charge in [0.25, 0.3) is 0 Å². The lowest BCUT2D eigenvalue weighted by Crippen LogP contribution is -2.32. The zero-order chi connectivity index (χ0) is 13.5. The van der Waals surface area contributed by atoms with Crippen LogP contribution in [0.15, 0.2) is 12.4 Å². The van der Waals surface area contributed by atoms with Crippen LogP contribution in [0.1, 0.15) is 45.0 Å². The van der Waals surface area contributed by atoms with E-state index in [1.807, 2.05) is 17.7 Å². The second-order valence-electron chi connectivity index (χ2n) is 4.66. The van der Waals surface area contributed by atoms with E-state index >= 15 is 0 Å². The van der Waals surface area contributed by atoms with E-state index in [-0.39, 0.29) is 11.9 Å². The van der Waals surface area contributed by atoms with Crippen molar-refractivity contribution in [2.75, 3.05) is 18.6 Å². The van der Waals surface area contributed by atoms with Crippen molar-refractivity contribution in [3.8, 4) is 0 Å². The van der Waals surface area contributed by atoms with Crippen LogP contribution in [0.25, 0.3) is 0 Å². The summed E-state index contributed by atoms with van der Waals surface area (Å²) >= 11 is 1.80. The smallest absolute Gasteiger partial charge is 0.242 e. The number of nitrogens with one attached hydrogen (secondary N) is 1. The minimum absolute atomic E-state index is 0.0657. The highest BCUT2D eigenvalue weighted by molar-refractivity contribution is 7.98. The number of nitrogens with zero attached hydrogens (tertiary/aromatic N) is 2. The Hall–Kier alpha value is -0.970. The van der Waals surface area contributed by atoms with Gasteiger partial charge in [-0.25, -0.2) is 4.98 Å². The zero-order valence-corrected chi connectivity index (χ0v) is 12.5. The van der Waals surface area contributed by atoms with Crippen LogP contribution in [0, 0.1) is 0 Å². The van der Waals surface area contributed by atoms with E-state index in [0.29, 0.717) is 5.92 Å². The zero-order valence-electron chi connectivity index (χ0n) is 11.6. The van der Waals surface area contributed by atoms with Gasteiger partial charge in [0.05, 0.1) is 0 Å². The second kappa shape index (κ2) is 7.46. The molecule has 18 heavy (non-hydrogen) atoms. The first-order chi connectivity index (χ1) is 8.57. The van der Waals surface area contributed by atoms with E-state index in [9.17, 15) is 4.79 Å². The lowest BCUT2D eigenvalue weighted by atomic mass is 10.2. The van der Waals surface area contributed by atoms with E-state index in [0.717, 1.165) is 24.5 Å². The minimum Gasteiger partial charge on any atom is -0.354 e. The molecule has 0 saturated heterocycles. The SMILES string of the molecule is CSCCCNC(=O)C(C)n1ccnc1C(C)C. The number of rotatable bonds is 7. The summed E-state index contributed by atoms with van der Waals surface area (Å²) in [6.07, 6.45) is 6.72. The highest BCUT2D eigenvalue weighted by atomic mass is 32.2. The lowest BCUT2D eigenvalue weighted by molar-refractivity contribution is -0.123. The van der Waals surface area contributed by atoms with E-state index in [1.54, 1.807) is 18.0 Å². The van der Waals surface area contributed by atoms with E-state index in [2.05, 4.69) is 30.4 Å². The van der Waals surface area contributed by atoms with Crippen LogP contribution < -0.4 is 5.32 Å². The van der Waals surface area contributed by atoms with Gasteiger partial charge in [-0.15, -0.1) is 0 Å². The number of amides is 1. The highest BCUT2D eigenvalue weighted by Gasteiger charge is 2.18. The standard InChI is InChI=1S/C13H23N3OS/c1-10(2)12-14-7-8-16(12)11(3)13(17)15-6-5-9-18-4/h7-8,10-11H,5-6,9H2,1-4H3,(H,15,17). The molecule has 5 heteroatoms. The highest BCUT2D eigenvalue weighted by Crippen LogP contribution is 2.17. The van der Waals surface area contributed by atoms with Crippen LogP contribution in [-0.2, 0) is 4.79 Å². The third-order valence-corrected chi connectivity index (χ3v) is 3.53. The molecule has 0 spiro atoms. The van der Waals surface area contributed by atoms with E-state index in [1.165, 1.54) is 0 Å². The van der Waals surface area contributed by atoms with Gasteiger partial charge >= 0.3 is 0 Å². The molecule has 1 aromatic rings. The summed E-state index contributed by atoms with van der Waals surface area (Å²) in [4.78, 5) is 16.3. The minimum atomic E-state index is -0.195. The van der Waals surface area contributed by atoms with Crippen LogP contribution in [0.4, 0.5) is 0 Å². The van der Waals surface area contributed by atoms with Gasteiger partial charge in [0.15, 0.2) is 0 Å². The Kier molecular flexibility index (Phi) is 6.25. The van der Waals surface area contributed by atoms with Gasteiger partial charge in [-0.05, 0) is 25.4 Å². The summed E-state index contributed by atoms with van der Waals surface area (Å²) in [5.74, 6) is 2.43. The van der Waals surface area contributed by atoms with Gasteiger partial charge in [-0.2, -0.15) is 11.8 Å². The summed E-state index contributed by atoms with van der Waals surface area (Å²) in [5, 5.41) is 2.97. The molecule has 1 unspecified atom stereocenters. The predicted octanol–water partition coefficient (Wildman–Crippen LogP) is 2.44. The third-order valence-electron chi connectivity index (χ3n) is 2.84. The molecule has 1 heterocycles. The molecule has 1 aromatic heterocycles. The molecule has 1 atom stereocenters. The number of thioether (sulfide) groups is 1. The monoisotopic (exact) mass is 269 g/mol. The molecule has 0 aliphatic rings. The molecule has 1 N–H and O–H groups in total. The van der Waals surface area contributed by atoms with Crippen molar-refractivity contribution in [2.45, 2.75) is 39.2 Å². The molecule has 0 aliphatic heterocycles. The van der Waals surface area contributed by atoms with Crippen molar-refractivity contribution < 1.29 is 4.79 Å². The van der Waals surface area contributed by atoms with Crippen molar-refractivity contribution in [3.63, 3.8) is 0 Å². The fraction of sp³-hybridized carbons (Fsp3) is 0.692. The van der Waals surface area contributed by atoms with Crippen LogP contribution in [0.2, 0.25) is 0 Å². The molecule has 0 fully saturated rings. The van der Waals surface area contributed by atoms with Crippen LogP contribution in [0.5, 0.6) is 0 Å². The van der Waals surface area contributed by atoms with Crippen molar-refractivity contribution >= 4 is 17.7 Å². The molecule has 0 aromatic carbocycles. The number of aromatic nitrogens is 2. The van der Waals surface area contributed by atoms with Gasteiger partial charge in [-0.1, -0.05) is 13.8 Å². The quantitative estimate of drug-likeness (QED) is 0.773. The number of carbonyl (C=O) groups is 1. The van der Waals surface area contributed by atoms with Gasteiger partial charge in [0.1, 0.15) is 11.9 Å². The Morgan fingerprint density at radius 3 is 2.83 bits per heavy atom. The van der Waals surface area contributed by atoms with Crippen molar-refractivity contribution in [2.24, 2.45) is 0 Å². The molecular formula is C13H23N3OS. The maximum Gasteiger partial charge on any atom is 0.242 e. The van der Waals surface area contributed by atoms with E-state index in [4.69, 9.17) is 0 Å². The Bertz CT molecular complexity index is 376. The number of hydrogen-bond acceptors (Lipinski definition) is 3. The van der Waals surface area contributed by atoms with Gasteiger partial charge in [0, 0.05) is 24.9 Å². The van der Waals surface area contributed by atoms with Crippen LogP contribution in [0.3, 0.4) is 0 Å². The fourth-order valence-electron chi connectivity index (χ4n) is 1.80. The first kappa shape index (κ1) is 15.1. The first-order valence-corrected chi connectivity index (χ1v) is 7.76. The number of imidazole rings is 1. The van der Waals surface area contributed by atoms with Crippen LogP contribution >= 0.6 is 11.8 Å². The summed E-state index contributed by atoms with van der Waals surface area (Å²) < 4.78 is 1.95. The summed E-state index contributed by atoms with van der Waals surface area (Å²) in [5.41, 5.74) is 0. The summed E-state index contributed by atoms with van der Waals surface area (Å²) in [6.45, 7) is 6.83. The molecule has 0 radical (unpaired) electrons. The van der Waals surface area contributed by atoms with Gasteiger partial charge in [-0.3, -0.25) is 4.79 Å². The Labute approximate surface area is 114 Å². The molecule has 1 rings (SSSR count). The topological polar surface area (TPSA) is 46.9 Å². The Morgan fingerprint density at radius 2 is 2.22 bits per heavy atom.